The zero-order valence-corrected chi connectivity index (χ0v) is 13.6. The van der Waals surface area contributed by atoms with Crippen LogP contribution >= 0.6 is 0 Å². The van der Waals surface area contributed by atoms with Gasteiger partial charge in [0, 0.05) is 24.7 Å². The number of hydrogen-bond donors (Lipinski definition) is 3. The first-order valence-electron chi connectivity index (χ1n) is 8.21. The molecule has 0 aliphatic heterocycles. The molecule has 1 aromatic rings. The molecular weight excluding hydrogens is 278 g/mol. The Hall–Kier alpha value is -1.62. The summed E-state index contributed by atoms with van der Waals surface area (Å²) in [7, 11) is 0. The van der Waals surface area contributed by atoms with Crippen LogP contribution in [0.1, 0.15) is 56.3 Å². The summed E-state index contributed by atoms with van der Waals surface area (Å²) in [4.78, 5) is 16.1. The number of nitrogens with one attached hydrogen (secondary N) is 2. The Morgan fingerprint density at radius 2 is 2.27 bits per heavy atom. The maximum absolute atomic E-state index is 11.8. The number of rotatable bonds is 6. The van der Waals surface area contributed by atoms with Crippen molar-refractivity contribution in [3.63, 3.8) is 0 Å². The molecule has 1 amide bonds. The second kappa shape index (κ2) is 7.58. The third-order valence-corrected chi connectivity index (χ3v) is 4.51. The first-order chi connectivity index (χ1) is 10.5. The highest BCUT2D eigenvalue weighted by Gasteiger charge is 2.35. The number of nitrogens with zero attached hydrogens (tertiary/aromatic N) is 1. The molecule has 0 spiro atoms. The van der Waals surface area contributed by atoms with Crippen molar-refractivity contribution in [1.29, 1.82) is 0 Å². The predicted molar refractivity (Wildman–Crippen MR) is 87.9 cm³/mol. The molecule has 5 nitrogen and oxygen atoms in total. The lowest BCUT2D eigenvalue weighted by atomic mass is 9.73. The van der Waals surface area contributed by atoms with Crippen molar-refractivity contribution in [2.75, 3.05) is 18.4 Å². The second-order valence-electron chi connectivity index (χ2n) is 6.46. The van der Waals surface area contributed by atoms with Gasteiger partial charge in [0.2, 0.25) is 0 Å². The monoisotopic (exact) mass is 305 g/mol. The molecule has 3 N–H and O–H groups in total. The van der Waals surface area contributed by atoms with Gasteiger partial charge in [0.05, 0.1) is 11.7 Å². The molecule has 122 valence electrons. The van der Waals surface area contributed by atoms with Gasteiger partial charge in [0.1, 0.15) is 5.82 Å². The Labute approximate surface area is 132 Å². The van der Waals surface area contributed by atoms with Gasteiger partial charge in [-0.25, -0.2) is 4.98 Å². The number of anilines is 1. The zero-order valence-electron chi connectivity index (χ0n) is 13.6. The van der Waals surface area contributed by atoms with Crippen molar-refractivity contribution >= 4 is 11.7 Å². The molecule has 1 aliphatic carbocycles. The summed E-state index contributed by atoms with van der Waals surface area (Å²) in [5.41, 5.74) is 0.472. The molecule has 2 atom stereocenters. The lowest BCUT2D eigenvalue weighted by molar-refractivity contribution is 0.00958. The van der Waals surface area contributed by atoms with Crippen LogP contribution in [0.25, 0.3) is 0 Å². The van der Waals surface area contributed by atoms with E-state index >= 15 is 0 Å². The summed E-state index contributed by atoms with van der Waals surface area (Å²) < 4.78 is 0. The van der Waals surface area contributed by atoms with E-state index in [2.05, 4.69) is 22.5 Å². The Balaban J connectivity index is 1.90. The second-order valence-corrected chi connectivity index (χ2v) is 6.46. The van der Waals surface area contributed by atoms with E-state index < -0.39 is 0 Å². The van der Waals surface area contributed by atoms with Gasteiger partial charge in [0.15, 0.2) is 0 Å². The minimum atomic E-state index is -0.257. The normalized spacial score (nSPS) is 24.8. The van der Waals surface area contributed by atoms with Crippen LogP contribution in [0.3, 0.4) is 0 Å². The maximum Gasteiger partial charge on any atom is 0.252 e. The van der Waals surface area contributed by atoms with E-state index in [0.717, 1.165) is 31.5 Å². The van der Waals surface area contributed by atoms with Gasteiger partial charge >= 0.3 is 0 Å². The maximum atomic E-state index is 11.8. The molecule has 1 saturated carbocycles. The number of carbonyl (C=O) groups is 1. The Kier molecular flexibility index (Phi) is 5.77. The van der Waals surface area contributed by atoms with Crippen molar-refractivity contribution in [2.45, 2.75) is 52.1 Å². The van der Waals surface area contributed by atoms with Crippen molar-refractivity contribution in [3.8, 4) is 0 Å². The first-order valence-corrected chi connectivity index (χ1v) is 8.21. The summed E-state index contributed by atoms with van der Waals surface area (Å²) in [6.45, 7) is 5.51. The third kappa shape index (κ3) is 4.19. The van der Waals surface area contributed by atoms with Gasteiger partial charge in [-0.3, -0.25) is 4.79 Å². The van der Waals surface area contributed by atoms with E-state index in [4.69, 9.17) is 0 Å². The van der Waals surface area contributed by atoms with E-state index in [0.29, 0.717) is 18.7 Å². The van der Waals surface area contributed by atoms with Gasteiger partial charge in [-0.05, 0) is 31.4 Å². The number of aliphatic hydroxyl groups excluding tert-OH is 1. The fourth-order valence-electron chi connectivity index (χ4n) is 2.85. The van der Waals surface area contributed by atoms with Crippen LogP contribution in [0.15, 0.2) is 18.3 Å². The lowest BCUT2D eigenvalue weighted by Gasteiger charge is -2.38. The fraction of sp³-hybridized carbons (Fsp3) is 0.647. The molecule has 1 aromatic heterocycles. The summed E-state index contributed by atoms with van der Waals surface area (Å²) >= 11 is 0. The van der Waals surface area contributed by atoms with Crippen LogP contribution in [-0.4, -0.2) is 35.2 Å². The van der Waals surface area contributed by atoms with Crippen molar-refractivity contribution in [3.05, 3.63) is 23.9 Å². The Morgan fingerprint density at radius 3 is 2.91 bits per heavy atom. The number of pyridine rings is 1. The van der Waals surface area contributed by atoms with Crippen LogP contribution in [0.5, 0.6) is 0 Å². The molecule has 1 aliphatic rings. The third-order valence-electron chi connectivity index (χ3n) is 4.51. The van der Waals surface area contributed by atoms with Crippen LogP contribution in [-0.2, 0) is 0 Å². The fourth-order valence-corrected chi connectivity index (χ4v) is 2.85. The molecule has 22 heavy (non-hydrogen) atoms. The molecule has 0 saturated heterocycles. The average molecular weight is 305 g/mol. The van der Waals surface area contributed by atoms with Crippen LogP contribution in [0, 0.1) is 5.41 Å². The number of carbonyl (C=O) groups excluding carboxylic acids is 1. The molecule has 2 unspecified atom stereocenters. The SMILES string of the molecule is CCCNC(=O)c1ccc(NCC2(C)CCCCC2O)nc1. The van der Waals surface area contributed by atoms with Crippen molar-refractivity contribution in [2.24, 2.45) is 5.41 Å². The smallest absolute Gasteiger partial charge is 0.252 e. The van der Waals surface area contributed by atoms with Crippen molar-refractivity contribution in [1.82, 2.24) is 10.3 Å². The molecule has 5 heteroatoms. The van der Waals surface area contributed by atoms with E-state index in [9.17, 15) is 9.90 Å². The summed E-state index contributed by atoms with van der Waals surface area (Å²) in [5.74, 6) is 0.654. The highest BCUT2D eigenvalue weighted by atomic mass is 16.3. The molecule has 1 fully saturated rings. The quantitative estimate of drug-likeness (QED) is 0.755. The molecule has 0 aromatic carbocycles. The lowest BCUT2D eigenvalue weighted by Crippen LogP contribution is -2.41. The predicted octanol–water partition coefficient (Wildman–Crippen LogP) is 2.57. The van der Waals surface area contributed by atoms with Crippen LogP contribution < -0.4 is 10.6 Å². The average Bonchev–Trinajstić information content (AvgIpc) is 2.54. The minimum absolute atomic E-state index is 0.0874. The summed E-state index contributed by atoms with van der Waals surface area (Å²) in [6.07, 6.45) is 6.43. The van der Waals surface area contributed by atoms with Gasteiger partial charge in [0.25, 0.3) is 5.91 Å². The summed E-state index contributed by atoms with van der Waals surface area (Å²) in [5, 5.41) is 16.3. The minimum Gasteiger partial charge on any atom is -0.392 e. The molecule has 1 heterocycles. The van der Waals surface area contributed by atoms with Crippen LogP contribution in [0.4, 0.5) is 5.82 Å². The van der Waals surface area contributed by atoms with Gasteiger partial charge < -0.3 is 15.7 Å². The van der Waals surface area contributed by atoms with Crippen LogP contribution in [0.2, 0.25) is 0 Å². The zero-order chi connectivity index (χ0) is 16.0. The molecular formula is C17H27N3O2. The van der Waals surface area contributed by atoms with Gasteiger partial charge in [-0.1, -0.05) is 26.7 Å². The van der Waals surface area contributed by atoms with Crippen molar-refractivity contribution < 1.29 is 9.90 Å². The highest BCUT2D eigenvalue weighted by Crippen LogP contribution is 2.36. The topological polar surface area (TPSA) is 74.2 Å². The molecule has 2 rings (SSSR count). The number of hydrogen-bond acceptors (Lipinski definition) is 4. The Morgan fingerprint density at radius 1 is 1.45 bits per heavy atom. The van der Waals surface area contributed by atoms with E-state index in [1.165, 1.54) is 6.42 Å². The van der Waals surface area contributed by atoms with E-state index in [1.807, 2.05) is 13.0 Å². The number of aromatic nitrogens is 1. The number of amides is 1. The van der Waals surface area contributed by atoms with Gasteiger partial charge in [-0.2, -0.15) is 0 Å². The largest absolute Gasteiger partial charge is 0.392 e. The first kappa shape index (κ1) is 16.7. The Bertz CT molecular complexity index is 489. The number of aliphatic hydroxyl groups is 1. The van der Waals surface area contributed by atoms with Gasteiger partial charge in [-0.15, -0.1) is 0 Å². The van der Waals surface area contributed by atoms with E-state index in [1.54, 1.807) is 12.3 Å². The standard InChI is InChI=1S/C17H27N3O2/c1-3-10-18-16(22)13-7-8-15(19-11-13)20-12-17(2)9-5-4-6-14(17)21/h7-8,11,14,21H,3-6,9-10,12H2,1-2H3,(H,18,22)(H,19,20). The highest BCUT2D eigenvalue weighted by molar-refractivity contribution is 5.93. The summed E-state index contributed by atoms with van der Waals surface area (Å²) in [6, 6.07) is 3.60. The molecule has 0 bridgehead atoms. The molecule has 0 radical (unpaired) electrons. The van der Waals surface area contributed by atoms with E-state index in [-0.39, 0.29) is 17.4 Å².